The lowest BCUT2D eigenvalue weighted by Crippen LogP contribution is -2.09. The van der Waals surface area contributed by atoms with Crippen molar-refractivity contribution < 1.29 is 4.42 Å². The van der Waals surface area contributed by atoms with Crippen LogP contribution in [0.1, 0.15) is 0 Å². The summed E-state index contributed by atoms with van der Waals surface area (Å²) < 4.78 is 8.99. The highest BCUT2D eigenvalue weighted by Crippen LogP contribution is 2.41. The smallest absolute Gasteiger partial charge is 0.143 e. The summed E-state index contributed by atoms with van der Waals surface area (Å²) in [6.45, 7) is 0. The van der Waals surface area contributed by atoms with Gasteiger partial charge >= 0.3 is 0 Å². The molecule has 0 bridgehead atoms. The Labute approximate surface area is 252 Å². The van der Waals surface area contributed by atoms with Gasteiger partial charge in [0.2, 0.25) is 0 Å². The van der Waals surface area contributed by atoms with Gasteiger partial charge in [0.15, 0.2) is 0 Å². The molecule has 43 heavy (non-hydrogen) atoms. The van der Waals surface area contributed by atoms with Gasteiger partial charge in [-0.1, -0.05) is 91.0 Å². The van der Waals surface area contributed by atoms with Gasteiger partial charge in [0.05, 0.1) is 0 Å². The SMILES string of the molecule is c1ccc(N(c2ccc(-c3cccc4c3oc3ccccc34)cc2)c2ccc3cc4c(cc3c2)sc2ccccc24)cc1. The van der Waals surface area contributed by atoms with Crippen molar-refractivity contribution in [3.63, 3.8) is 0 Å². The monoisotopic (exact) mass is 567 g/mol. The summed E-state index contributed by atoms with van der Waals surface area (Å²) in [5.41, 5.74) is 7.44. The molecule has 9 aromatic rings. The number of para-hydroxylation sites is 3. The van der Waals surface area contributed by atoms with E-state index >= 15 is 0 Å². The van der Waals surface area contributed by atoms with Gasteiger partial charge in [-0.05, 0) is 77.0 Å². The predicted molar refractivity (Wildman–Crippen MR) is 184 cm³/mol. The molecule has 0 saturated heterocycles. The summed E-state index contributed by atoms with van der Waals surface area (Å²) in [5, 5.41) is 7.45. The maximum Gasteiger partial charge on any atom is 0.143 e. The number of furan rings is 1. The maximum absolute atomic E-state index is 6.34. The molecule has 0 aliphatic rings. The molecule has 0 atom stereocenters. The van der Waals surface area contributed by atoms with E-state index in [2.05, 4.69) is 144 Å². The fourth-order valence-corrected chi connectivity index (χ4v) is 7.52. The second-order valence-corrected chi connectivity index (χ2v) is 12.1. The summed E-state index contributed by atoms with van der Waals surface area (Å²) in [6, 6.07) is 54.3. The zero-order valence-electron chi connectivity index (χ0n) is 23.2. The van der Waals surface area contributed by atoms with Crippen LogP contribution in [0.4, 0.5) is 17.1 Å². The van der Waals surface area contributed by atoms with Crippen LogP contribution in [0.15, 0.2) is 156 Å². The molecule has 0 aliphatic heterocycles. The second kappa shape index (κ2) is 9.59. The number of rotatable bonds is 4. The van der Waals surface area contributed by atoms with Gasteiger partial charge in [-0.15, -0.1) is 11.3 Å². The molecular formula is C40H25NOS. The normalized spacial score (nSPS) is 11.7. The molecular weight excluding hydrogens is 543 g/mol. The highest BCUT2D eigenvalue weighted by atomic mass is 32.1. The summed E-state index contributed by atoms with van der Waals surface area (Å²) in [4.78, 5) is 2.33. The first-order valence-electron chi connectivity index (χ1n) is 14.5. The number of fused-ring (bicyclic) bond motifs is 7. The highest BCUT2D eigenvalue weighted by Gasteiger charge is 2.16. The third-order valence-corrected chi connectivity index (χ3v) is 9.57. The molecule has 2 aromatic heterocycles. The molecule has 2 nitrogen and oxygen atoms in total. The lowest BCUT2D eigenvalue weighted by Gasteiger charge is -2.26. The minimum atomic E-state index is 0.918. The van der Waals surface area contributed by atoms with Crippen molar-refractivity contribution in [2.45, 2.75) is 0 Å². The van der Waals surface area contributed by atoms with Crippen molar-refractivity contribution in [1.82, 2.24) is 0 Å². The molecule has 3 heteroatoms. The van der Waals surface area contributed by atoms with Crippen molar-refractivity contribution in [3.8, 4) is 11.1 Å². The number of thiophene rings is 1. The Morgan fingerprint density at radius 3 is 2.05 bits per heavy atom. The number of nitrogens with zero attached hydrogens (tertiary/aromatic N) is 1. The maximum atomic E-state index is 6.34. The first kappa shape index (κ1) is 24.2. The largest absolute Gasteiger partial charge is 0.455 e. The molecule has 0 aliphatic carbocycles. The Balaban J connectivity index is 1.16. The van der Waals surface area contributed by atoms with E-state index in [0.29, 0.717) is 0 Å². The van der Waals surface area contributed by atoms with Crippen LogP contribution in [-0.4, -0.2) is 0 Å². The lowest BCUT2D eigenvalue weighted by atomic mass is 10.0. The molecule has 2 heterocycles. The Hall–Kier alpha value is -5.38. The van der Waals surface area contributed by atoms with Crippen LogP contribution in [0.3, 0.4) is 0 Å². The molecule has 202 valence electrons. The minimum absolute atomic E-state index is 0.918. The van der Waals surface area contributed by atoms with Crippen molar-refractivity contribution in [3.05, 3.63) is 152 Å². The molecule has 0 N–H and O–H groups in total. The van der Waals surface area contributed by atoms with E-state index in [1.54, 1.807) is 0 Å². The fraction of sp³-hybridized carbons (Fsp3) is 0. The molecule has 0 amide bonds. The first-order chi connectivity index (χ1) is 21.3. The van der Waals surface area contributed by atoms with Crippen LogP contribution in [0, 0.1) is 0 Å². The van der Waals surface area contributed by atoms with Gasteiger partial charge in [-0.3, -0.25) is 0 Å². The number of anilines is 3. The van der Waals surface area contributed by atoms with Crippen molar-refractivity contribution in [1.29, 1.82) is 0 Å². The van der Waals surface area contributed by atoms with E-state index in [0.717, 1.165) is 50.1 Å². The van der Waals surface area contributed by atoms with Gasteiger partial charge in [0.25, 0.3) is 0 Å². The van der Waals surface area contributed by atoms with Gasteiger partial charge < -0.3 is 9.32 Å². The molecule has 0 spiro atoms. The Kier molecular flexibility index (Phi) is 5.40. The van der Waals surface area contributed by atoms with Gasteiger partial charge in [-0.25, -0.2) is 0 Å². The van der Waals surface area contributed by atoms with E-state index in [9.17, 15) is 0 Å². The minimum Gasteiger partial charge on any atom is -0.455 e. The zero-order chi connectivity index (χ0) is 28.3. The van der Waals surface area contributed by atoms with E-state index in [1.165, 1.54) is 30.9 Å². The van der Waals surface area contributed by atoms with Gasteiger partial charge in [-0.2, -0.15) is 0 Å². The number of hydrogen-bond donors (Lipinski definition) is 0. The predicted octanol–water partition coefficient (Wildman–Crippen LogP) is 12.2. The zero-order valence-corrected chi connectivity index (χ0v) is 24.0. The lowest BCUT2D eigenvalue weighted by molar-refractivity contribution is 0.670. The van der Waals surface area contributed by atoms with E-state index in [4.69, 9.17) is 4.42 Å². The van der Waals surface area contributed by atoms with Crippen molar-refractivity contribution in [2.24, 2.45) is 0 Å². The molecule has 0 fully saturated rings. The summed E-state index contributed by atoms with van der Waals surface area (Å²) >= 11 is 1.86. The Morgan fingerprint density at radius 2 is 1.16 bits per heavy atom. The Bertz CT molecular complexity index is 2450. The summed E-state index contributed by atoms with van der Waals surface area (Å²) in [7, 11) is 0. The van der Waals surface area contributed by atoms with Crippen LogP contribution in [0.2, 0.25) is 0 Å². The van der Waals surface area contributed by atoms with Crippen molar-refractivity contribution >= 4 is 81.3 Å². The van der Waals surface area contributed by atoms with Crippen molar-refractivity contribution in [2.75, 3.05) is 4.90 Å². The Morgan fingerprint density at radius 1 is 0.442 bits per heavy atom. The van der Waals surface area contributed by atoms with Crippen LogP contribution >= 0.6 is 11.3 Å². The quantitative estimate of drug-likeness (QED) is 0.210. The highest BCUT2D eigenvalue weighted by molar-refractivity contribution is 7.25. The average Bonchev–Trinajstić information content (AvgIpc) is 3.62. The topological polar surface area (TPSA) is 16.4 Å². The van der Waals surface area contributed by atoms with E-state index < -0.39 is 0 Å². The van der Waals surface area contributed by atoms with Crippen LogP contribution in [0.25, 0.3) is 64.0 Å². The molecule has 0 radical (unpaired) electrons. The van der Waals surface area contributed by atoms with E-state index in [1.807, 2.05) is 23.5 Å². The van der Waals surface area contributed by atoms with E-state index in [-0.39, 0.29) is 0 Å². The fourth-order valence-electron chi connectivity index (χ4n) is 6.38. The molecule has 9 rings (SSSR count). The summed E-state index contributed by atoms with van der Waals surface area (Å²) in [5.74, 6) is 0. The standard InChI is InChI=1S/C40H25NOS/c1-2-9-29(10-3-1)41(31-22-19-27-24-36-34-12-5-7-16-38(34)43-39(36)25-28(27)23-31)30-20-17-26(18-21-30)32-13-8-14-35-33-11-4-6-15-37(33)42-40(32)35/h1-25H. The first-order valence-corrected chi connectivity index (χ1v) is 15.3. The summed E-state index contributed by atoms with van der Waals surface area (Å²) in [6.07, 6.45) is 0. The molecule has 7 aromatic carbocycles. The third-order valence-electron chi connectivity index (χ3n) is 8.43. The van der Waals surface area contributed by atoms with Gasteiger partial charge in [0.1, 0.15) is 11.2 Å². The average molecular weight is 568 g/mol. The number of hydrogen-bond acceptors (Lipinski definition) is 3. The second-order valence-electron chi connectivity index (χ2n) is 11.0. The van der Waals surface area contributed by atoms with Crippen LogP contribution in [-0.2, 0) is 0 Å². The third kappa shape index (κ3) is 3.93. The van der Waals surface area contributed by atoms with Gasteiger partial charge in [0, 0.05) is 53.6 Å². The molecule has 0 saturated carbocycles. The number of benzene rings is 7. The molecule has 0 unspecified atom stereocenters. The van der Waals surface area contributed by atoms with Crippen LogP contribution in [0.5, 0.6) is 0 Å². The van der Waals surface area contributed by atoms with Crippen LogP contribution < -0.4 is 4.90 Å².